The lowest BCUT2D eigenvalue weighted by Crippen LogP contribution is -2.32. The van der Waals surface area contributed by atoms with E-state index in [-0.39, 0.29) is 18.5 Å². The minimum Gasteiger partial charge on any atom is -0.309 e. The zero-order valence-corrected chi connectivity index (χ0v) is 16.9. The van der Waals surface area contributed by atoms with Gasteiger partial charge in [-0.25, -0.2) is 4.68 Å². The first kappa shape index (κ1) is 19.1. The van der Waals surface area contributed by atoms with Crippen molar-refractivity contribution >= 4 is 23.1 Å². The highest BCUT2D eigenvalue weighted by molar-refractivity contribution is 7.10. The van der Waals surface area contributed by atoms with E-state index in [2.05, 4.69) is 33.9 Å². The molecule has 2 aromatic heterocycles. The highest BCUT2D eigenvalue weighted by Gasteiger charge is 2.17. The Hall–Kier alpha value is -3.22. The van der Waals surface area contributed by atoms with Crippen LogP contribution in [0.15, 0.2) is 84.2 Å². The topological polar surface area (TPSA) is 59.0 Å². The van der Waals surface area contributed by atoms with Crippen LogP contribution in [0.4, 0.5) is 5.82 Å². The molecule has 0 aliphatic carbocycles. The number of hydrogen-bond donors (Lipinski definition) is 2. The van der Waals surface area contributed by atoms with Crippen molar-refractivity contribution < 1.29 is 4.79 Å². The van der Waals surface area contributed by atoms with E-state index >= 15 is 0 Å². The van der Waals surface area contributed by atoms with E-state index in [4.69, 9.17) is 0 Å². The number of aryl methyl sites for hydroxylation is 1. The molecule has 0 aliphatic rings. The van der Waals surface area contributed by atoms with Gasteiger partial charge in [-0.1, -0.05) is 54.6 Å². The number of rotatable bonds is 7. The molecule has 4 aromatic rings. The molecule has 0 saturated carbocycles. The number of benzene rings is 2. The summed E-state index contributed by atoms with van der Waals surface area (Å²) in [6, 6.07) is 25.9. The van der Waals surface area contributed by atoms with Crippen molar-refractivity contribution in [1.82, 2.24) is 15.1 Å². The summed E-state index contributed by atoms with van der Waals surface area (Å²) in [4.78, 5) is 13.9. The first-order chi connectivity index (χ1) is 14.2. The van der Waals surface area contributed by atoms with Crippen molar-refractivity contribution in [3.63, 3.8) is 0 Å². The maximum atomic E-state index is 12.7. The number of amides is 1. The molecule has 6 heteroatoms. The highest BCUT2D eigenvalue weighted by atomic mass is 32.1. The number of para-hydroxylation sites is 1. The maximum absolute atomic E-state index is 12.7. The SMILES string of the molecule is Cc1cc(NC(=O)CN[C@@H](c2ccccc2)c2cccs2)n(-c2ccccc2)n1. The van der Waals surface area contributed by atoms with Crippen LogP contribution in [0.2, 0.25) is 0 Å². The van der Waals surface area contributed by atoms with E-state index in [1.54, 1.807) is 16.0 Å². The molecule has 0 bridgehead atoms. The largest absolute Gasteiger partial charge is 0.309 e. The van der Waals surface area contributed by atoms with Gasteiger partial charge in [0.25, 0.3) is 0 Å². The molecule has 146 valence electrons. The van der Waals surface area contributed by atoms with Crippen molar-refractivity contribution in [3.05, 3.63) is 100 Å². The average Bonchev–Trinajstić information content (AvgIpc) is 3.40. The predicted molar refractivity (Wildman–Crippen MR) is 118 cm³/mol. The van der Waals surface area contributed by atoms with Crippen LogP contribution in [0.5, 0.6) is 0 Å². The highest BCUT2D eigenvalue weighted by Crippen LogP contribution is 2.25. The lowest BCUT2D eigenvalue weighted by Gasteiger charge is -2.18. The maximum Gasteiger partial charge on any atom is 0.239 e. The summed E-state index contributed by atoms with van der Waals surface area (Å²) in [5, 5.41) is 12.9. The third kappa shape index (κ3) is 4.62. The molecular formula is C23H22N4OS. The number of aromatic nitrogens is 2. The minimum absolute atomic E-state index is 0.0253. The molecule has 2 aromatic carbocycles. The fourth-order valence-corrected chi connectivity index (χ4v) is 4.05. The molecule has 4 rings (SSSR count). The van der Waals surface area contributed by atoms with Crippen LogP contribution in [0.25, 0.3) is 5.69 Å². The van der Waals surface area contributed by atoms with Crippen LogP contribution in [-0.4, -0.2) is 22.2 Å². The predicted octanol–water partition coefficient (Wildman–Crippen LogP) is 4.56. The third-order valence-corrected chi connectivity index (χ3v) is 5.46. The lowest BCUT2D eigenvalue weighted by atomic mass is 10.1. The van der Waals surface area contributed by atoms with Crippen molar-refractivity contribution in [2.24, 2.45) is 0 Å². The van der Waals surface area contributed by atoms with Crippen molar-refractivity contribution in [1.29, 1.82) is 0 Å². The van der Waals surface area contributed by atoms with E-state index in [1.807, 2.05) is 73.0 Å². The Kier molecular flexibility index (Phi) is 5.84. The smallest absolute Gasteiger partial charge is 0.239 e. The fourth-order valence-electron chi connectivity index (χ4n) is 3.22. The summed E-state index contributed by atoms with van der Waals surface area (Å²) < 4.78 is 1.75. The van der Waals surface area contributed by atoms with Gasteiger partial charge in [-0.2, -0.15) is 5.10 Å². The first-order valence-electron chi connectivity index (χ1n) is 9.44. The molecule has 1 amide bonds. The molecule has 0 aliphatic heterocycles. The van der Waals surface area contributed by atoms with Crippen LogP contribution in [-0.2, 0) is 4.79 Å². The Bertz CT molecular complexity index is 1060. The summed E-state index contributed by atoms with van der Waals surface area (Å²) in [5.74, 6) is 0.549. The molecule has 0 saturated heterocycles. The van der Waals surface area contributed by atoms with Gasteiger partial charge in [0.15, 0.2) is 0 Å². The van der Waals surface area contributed by atoms with Crippen molar-refractivity contribution in [2.45, 2.75) is 13.0 Å². The standard InChI is InChI=1S/C23H22N4OS/c1-17-15-21(27(26-17)19-11-6-3-7-12-19)25-22(28)16-24-23(20-13-8-14-29-20)18-9-4-2-5-10-18/h2-15,23-24H,16H2,1H3,(H,25,28)/t23-/m0/s1. The first-order valence-corrected chi connectivity index (χ1v) is 10.3. The zero-order chi connectivity index (χ0) is 20.1. The van der Waals surface area contributed by atoms with Gasteiger partial charge < -0.3 is 5.32 Å². The average molecular weight is 403 g/mol. The number of thiophene rings is 1. The van der Waals surface area contributed by atoms with Crippen molar-refractivity contribution in [3.8, 4) is 5.69 Å². The monoisotopic (exact) mass is 402 g/mol. The van der Waals surface area contributed by atoms with Crippen LogP contribution in [0.3, 0.4) is 0 Å². The molecule has 29 heavy (non-hydrogen) atoms. The second-order valence-corrected chi connectivity index (χ2v) is 7.69. The van der Waals surface area contributed by atoms with E-state index < -0.39 is 0 Å². The molecule has 1 atom stereocenters. The van der Waals surface area contributed by atoms with Crippen molar-refractivity contribution in [2.75, 3.05) is 11.9 Å². The summed E-state index contributed by atoms with van der Waals surface area (Å²) in [6.07, 6.45) is 0. The molecule has 0 fully saturated rings. The quantitative estimate of drug-likeness (QED) is 0.476. The molecule has 0 spiro atoms. The van der Waals surface area contributed by atoms with Gasteiger partial charge in [-0.05, 0) is 36.1 Å². The van der Waals surface area contributed by atoms with Gasteiger partial charge in [0, 0.05) is 10.9 Å². The van der Waals surface area contributed by atoms with E-state index in [1.165, 1.54) is 4.88 Å². The summed E-state index contributed by atoms with van der Waals surface area (Å²) in [5.41, 5.74) is 2.88. The van der Waals surface area contributed by atoms with Gasteiger partial charge in [0.05, 0.1) is 24.0 Å². The summed E-state index contributed by atoms with van der Waals surface area (Å²) >= 11 is 1.68. The molecule has 2 N–H and O–H groups in total. The minimum atomic E-state index is -0.112. The molecular weight excluding hydrogens is 380 g/mol. The fraction of sp³-hybridized carbons (Fsp3) is 0.130. The molecule has 0 unspecified atom stereocenters. The Morgan fingerprint density at radius 3 is 2.45 bits per heavy atom. The van der Waals surface area contributed by atoms with Gasteiger partial charge in [0.1, 0.15) is 5.82 Å². The van der Waals surface area contributed by atoms with Gasteiger partial charge in [-0.3, -0.25) is 10.1 Å². The Morgan fingerprint density at radius 2 is 1.76 bits per heavy atom. The van der Waals surface area contributed by atoms with Gasteiger partial charge in [-0.15, -0.1) is 11.3 Å². The third-order valence-electron chi connectivity index (χ3n) is 4.53. The van der Waals surface area contributed by atoms with Crippen LogP contribution >= 0.6 is 11.3 Å². The van der Waals surface area contributed by atoms with E-state index in [9.17, 15) is 4.79 Å². The second-order valence-electron chi connectivity index (χ2n) is 6.71. The Morgan fingerprint density at radius 1 is 1.03 bits per heavy atom. The number of nitrogens with zero attached hydrogens (tertiary/aromatic N) is 2. The summed E-state index contributed by atoms with van der Waals surface area (Å²) in [6.45, 7) is 2.10. The van der Waals surface area contributed by atoms with E-state index in [0.717, 1.165) is 16.9 Å². The number of hydrogen-bond acceptors (Lipinski definition) is 4. The number of carbonyl (C=O) groups is 1. The Labute approximate surface area is 174 Å². The van der Waals surface area contributed by atoms with Gasteiger partial charge in [0.2, 0.25) is 5.91 Å². The van der Waals surface area contributed by atoms with Gasteiger partial charge >= 0.3 is 0 Å². The normalized spacial score (nSPS) is 11.9. The number of nitrogens with one attached hydrogen (secondary N) is 2. The van der Waals surface area contributed by atoms with E-state index in [0.29, 0.717) is 5.82 Å². The van der Waals surface area contributed by atoms with Crippen LogP contribution in [0.1, 0.15) is 22.2 Å². The molecule has 2 heterocycles. The Balaban J connectivity index is 1.48. The molecule has 0 radical (unpaired) electrons. The van der Waals surface area contributed by atoms with Crippen LogP contribution < -0.4 is 10.6 Å². The number of carbonyl (C=O) groups excluding carboxylic acids is 1. The second kappa shape index (κ2) is 8.86. The van der Waals surface area contributed by atoms with Crippen LogP contribution in [0, 0.1) is 6.92 Å². The lowest BCUT2D eigenvalue weighted by molar-refractivity contribution is -0.115. The molecule has 5 nitrogen and oxygen atoms in total. The summed E-state index contributed by atoms with van der Waals surface area (Å²) in [7, 11) is 0. The zero-order valence-electron chi connectivity index (χ0n) is 16.1. The number of anilines is 1.